The van der Waals surface area contributed by atoms with E-state index in [2.05, 4.69) is 9.97 Å². The number of amides is 2. The van der Waals surface area contributed by atoms with Crippen molar-refractivity contribution in [3.05, 3.63) is 46.4 Å². The van der Waals surface area contributed by atoms with Crippen LogP contribution in [0, 0.1) is 6.92 Å². The first-order chi connectivity index (χ1) is 14.0. The molecule has 4 heterocycles. The number of likely N-dealkylation sites (tertiary alicyclic amines) is 2. The molecule has 7 nitrogen and oxygen atoms in total. The molecule has 0 atom stereocenters. The van der Waals surface area contributed by atoms with Gasteiger partial charge in [-0.1, -0.05) is 11.6 Å². The van der Waals surface area contributed by atoms with Crippen LogP contribution in [-0.2, 0) is 0 Å². The number of pyridine rings is 1. The Morgan fingerprint density at radius 1 is 1.03 bits per heavy atom. The molecule has 2 aliphatic heterocycles. The number of nitrogens with zero attached hydrogens (tertiary/aromatic N) is 4. The number of aromatic nitrogens is 2. The molecule has 0 N–H and O–H groups in total. The first-order valence-corrected chi connectivity index (χ1v) is 10.6. The second-order valence-corrected chi connectivity index (χ2v) is 8.13. The van der Waals surface area contributed by atoms with Crippen molar-refractivity contribution in [2.24, 2.45) is 0 Å². The molecule has 0 spiro atoms. The fraction of sp³-hybridized carbons (Fsp3) is 0.524. The van der Waals surface area contributed by atoms with Gasteiger partial charge in [0.1, 0.15) is 10.9 Å². The van der Waals surface area contributed by atoms with Gasteiger partial charge in [0.05, 0.1) is 5.56 Å². The zero-order valence-corrected chi connectivity index (χ0v) is 17.3. The predicted molar refractivity (Wildman–Crippen MR) is 108 cm³/mol. The summed E-state index contributed by atoms with van der Waals surface area (Å²) in [6.45, 7) is 4.62. The predicted octanol–water partition coefficient (Wildman–Crippen LogP) is 3.68. The maximum atomic E-state index is 12.8. The Bertz CT molecular complexity index is 882. The maximum Gasteiger partial charge on any atom is 0.276 e. The Morgan fingerprint density at radius 3 is 2.38 bits per heavy atom. The fourth-order valence-electron chi connectivity index (χ4n) is 4.05. The molecule has 2 fully saturated rings. The van der Waals surface area contributed by atoms with E-state index in [-0.39, 0.29) is 17.7 Å². The third kappa shape index (κ3) is 4.29. The van der Waals surface area contributed by atoms with Crippen molar-refractivity contribution in [3.8, 4) is 0 Å². The number of rotatable bonds is 3. The van der Waals surface area contributed by atoms with Gasteiger partial charge in [0.15, 0.2) is 11.6 Å². The summed E-state index contributed by atoms with van der Waals surface area (Å²) in [5, 5.41) is 0.370. The van der Waals surface area contributed by atoms with Gasteiger partial charge in [-0.05, 0) is 51.2 Å². The Labute approximate surface area is 175 Å². The van der Waals surface area contributed by atoms with Crippen LogP contribution in [-0.4, -0.2) is 57.8 Å². The third-order valence-electron chi connectivity index (χ3n) is 5.76. The minimum absolute atomic E-state index is 0.0277. The largest absolute Gasteiger partial charge is 0.445 e. The van der Waals surface area contributed by atoms with Crippen LogP contribution in [0.3, 0.4) is 0 Å². The summed E-state index contributed by atoms with van der Waals surface area (Å²) in [4.78, 5) is 37.6. The van der Waals surface area contributed by atoms with Crippen molar-refractivity contribution >= 4 is 23.4 Å². The summed E-state index contributed by atoms with van der Waals surface area (Å²) in [6, 6.07) is 3.32. The van der Waals surface area contributed by atoms with Gasteiger partial charge in [-0.3, -0.25) is 9.59 Å². The molecular weight excluding hydrogens is 392 g/mol. The summed E-state index contributed by atoms with van der Waals surface area (Å²) < 4.78 is 5.87. The molecule has 29 heavy (non-hydrogen) atoms. The van der Waals surface area contributed by atoms with Gasteiger partial charge in [0.25, 0.3) is 11.8 Å². The van der Waals surface area contributed by atoms with E-state index in [0.717, 1.165) is 38.8 Å². The number of hydrogen-bond acceptors (Lipinski definition) is 5. The van der Waals surface area contributed by atoms with E-state index in [0.29, 0.717) is 41.2 Å². The lowest BCUT2D eigenvalue weighted by atomic mass is 9.96. The Balaban J connectivity index is 1.39. The number of hydrogen-bond donors (Lipinski definition) is 0. The van der Waals surface area contributed by atoms with Crippen LogP contribution in [0.25, 0.3) is 0 Å². The molecule has 2 aliphatic rings. The van der Waals surface area contributed by atoms with E-state index in [4.69, 9.17) is 16.0 Å². The lowest BCUT2D eigenvalue weighted by Crippen LogP contribution is -2.38. The van der Waals surface area contributed by atoms with Crippen molar-refractivity contribution in [1.82, 2.24) is 19.8 Å². The number of carbonyl (C=O) groups excluding carboxylic acids is 2. The quantitative estimate of drug-likeness (QED) is 0.713. The van der Waals surface area contributed by atoms with Crippen LogP contribution in [0.5, 0.6) is 0 Å². The Kier molecular flexibility index (Phi) is 5.85. The Hall–Kier alpha value is -2.41. The average Bonchev–Trinajstić information content (AvgIpc) is 3.15. The van der Waals surface area contributed by atoms with Gasteiger partial charge in [-0.2, -0.15) is 0 Å². The summed E-state index contributed by atoms with van der Waals surface area (Å²) >= 11 is 5.80. The number of carbonyl (C=O) groups is 2. The summed E-state index contributed by atoms with van der Waals surface area (Å²) in [5.74, 6) is 1.24. The SMILES string of the molecule is Cc1oc(C2CCN(C(=O)c3ccc(Cl)nc3)CC2)nc1C(=O)N1CCCCC1. The molecule has 0 saturated carbocycles. The molecule has 154 valence electrons. The highest BCUT2D eigenvalue weighted by molar-refractivity contribution is 6.29. The van der Waals surface area contributed by atoms with Crippen LogP contribution in [0.4, 0.5) is 0 Å². The second-order valence-electron chi connectivity index (χ2n) is 7.75. The molecule has 4 rings (SSSR count). The molecule has 0 bridgehead atoms. The van der Waals surface area contributed by atoms with Gasteiger partial charge < -0.3 is 14.2 Å². The van der Waals surface area contributed by atoms with Crippen molar-refractivity contribution in [2.75, 3.05) is 26.2 Å². The number of piperidine rings is 2. The Morgan fingerprint density at radius 2 is 1.72 bits per heavy atom. The topological polar surface area (TPSA) is 79.5 Å². The number of halogens is 1. The molecule has 2 aromatic heterocycles. The third-order valence-corrected chi connectivity index (χ3v) is 5.99. The summed E-state index contributed by atoms with van der Waals surface area (Å²) in [6.07, 6.45) is 6.28. The van der Waals surface area contributed by atoms with E-state index in [1.165, 1.54) is 12.6 Å². The zero-order valence-electron chi connectivity index (χ0n) is 16.6. The summed E-state index contributed by atoms with van der Waals surface area (Å²) in [5.41, 5.74) is 0.974. The standard InChI is InChI=1S/C21H25ClN4O3/c1-14-18(21(28)25-9-3-2-4-10-25)24-19(29-14)15-7-11-26(12-8-15)20(27)16-5-6-17(22)23-13-16/h5-6,13,15H,2-4,7-12H2,1H3. The van der Waals surface area contributed by atoms with Gasteiger partial charge in [0, 0.05) is 38.3 Å². The van der Waals surface area contributed by atoms with Crippen molar-refractivity contribution < 1.29 is 14.0 Å². The first-order valence-electron chi connectivity index (χ1n) is 10.2. The van der Waals surface area contributed by atoms with Gasteiger partial charge in [-0.25, -0.2) is 9.97 Å². The van der Waals surface area contributed by atoms with Crippen molar-refractivity contribution in [1.29, 1.82) is 0 Å². The van der Waals surface area contributed by atoms with Crippen LogP contribution in [0.1, 0.15) is 70.5 Å². The van der Waals surface area contributed by atoms with Crippen LogP contribution < -0.4 is 0 Å². The van der Waals surface area contributed by atoms with Crippen LogP contribution in [0.2, 0.25) is 5.15 Å². The van der Waals surface area contributed by atoms with Gasteiger partial charge in [0.2, 0.25) is 0 Å². The second kappa shape index (κ2) is 8.53. The van der Waals surface area contributed by atoms with E-state index in [1.807, 2.05) is 9.80 Å². The molecule has 0 radical (unpaired) electrons. The minimum Gasteiger partial charge on any atom is -0.445 e. The van der Waals surface area contributed by atoms with Crippen molar-refractivity contribution in [2.45, 2.75) is 44.9 Å². The van der Waals surface area contributed by atoms with Crippen molar-refractivity contribution in [3.63, 3.8) is 0 Å². The lowest BCUT2D eigenvalue weighted by molar-refractivity contribution is 0.0703. The lowest BCUT2D eigenvalue weighted by Gasteiger charge is -2.30. The summed E-state index contributed by atoms with van der Waals surface area (Å²) in [7, 11) is 0. The monoisotopic (exact) mass is 416 g/mol. The fourth-order valence-corrected chi connectivity index (χ4v) is 4.16. The van der Waals surface area contributed by atoms with Crippen LogP contribution >= 0.6 is 11.6 Å². The minimum atomic E-state index is -0.0443. The van der Waals surface area contributed by atoms with Crippen LogP contribution in [0.15, 0.2) is 22.7 Å². The highest BCUT2D eigenvalue weighted by Crippen LogP contribution is 2.30. The number of aryl methyl sites for hydroxylation is 1. The average molecular weight is 417 g/mol. The van der Waals surface area contributed by atoms with E-state index >= 15 is 0 Å². The highest BCUT2D eigenvalue weighted by Gasteiger charge is 2.30. The number of oxazole rings is 1. The van der Waals surface area contributed by atoms with E-state index in [9.17, 15) is 9.59 Å². The molecule has 8 heteroatoms. The van der Waals surface area contributed by atoms with Gasteiger partial charge in [-0.15, -0.1) is 0 Å². The first kappa shape index (κ1) is 19.9. The molecular formula is C21H25ClN4O3. The van der Waals surface area contributed by atoms with E-state index in [1.54, 1.807) is 19.1 Å². The molecule has 0 aromatic carbocycles. The zero-order chi connectivity index (χ0) is 20.4. The van der Waals surface area contributed by atoms with E-state index < -0.39 is 0 Å². The normalized spacial score (nSPS) is 18.1. The van der Waals surface area contributed by atoms with Gasteiger partial charge >= 0.3 is 0 Å². The molecule has 0 aliphatic carbocycles. The highest BCUT2D eigenvalue weighted by atomic mass is 35.5. The smallest absolute Gasteiger partial charge is 0.276 e. The molecule has 2 amide bonds. The maximum absolute atomic E-state index is 12.8. The molecule has 2 saturated heterocycles. The molecule has 2 aromatic rings. The molecule has 0 unspecified atom stereocenters.